The smallest absolute Gasteiger partial charge is 0.321 e. The number of ketones is 1. The zero-order valence-electron chi connectivity index (χ0n) is 19.5. The van der Waals surface area contributed by atoms with E-state index in [4.69, 9.17) is 22.3 Å². The number of amides is 2. The lowest BCUT2D eigenvalue weighted by atomic mass is 10.1. The van der Waals surface area contributed by atoms with Crippen molar-refractivity contribution in [3.63, 3.8) is 0 Å². The monoisotopic (exact) mass is 502 g/mol. The van der Waals surface area contributed by atoms with Crippen molar-refractivity contribution in [2.24, 2.45) is 0 Å². The fraction of sp³-hybridized carbons (Fsp3) is 0.200. The highest BCUT2D eigenvalue weighted by molar-refractivity contribution is 6.30. The maximum absolute atomic E-state index is 12.8. The molecule has 1 aliphatic rings. The van der Waals surface area contributed by atoms with E-state index in [0.29, 0.717) is 65.1 Å². The number of urea groups is 1. The number of halogens is 1. The van der Waals surface area contributed by atoms with Gasteiger partial charge in [0.1, 0.15) is 0 Å². The minimum Gasteiger partial charge on any atom is -0.368 e. The Hall–Kier alpha value is -4.31. The molecule has 10 nitrogen and oxygen atoms in total. The predicted octanol–water partition coefficient (Wildman–Crippen LogP) is 3.88. The van der Waals surface area contributed by atoms with Gasteiger partial charge in [-0.25, -0.2) is 14.8 Å². The minimum absolute atomic E-state index is 0.0571. The molecule has 36 heavy (non-hydrogen) atoms. The van der Waals surface area contributed by atoms with Gasteiger partial charge in [0.2, 0.25) is 5.95 Å². The molecule has 1 saturated heterocycles. The maximum atomic E-state index is 12.8. The number of fused-ring (bicyclic) bond motifs is 1. The summed E-state index contributed by atoms with van der Waals surface area (Å²) in [5.74, 6) is 0.630. The molecule has 0 spiro atoms. The number of carbonyl (C=O) groups excluding carboxylic acids is 2. The first kappa shape index (κ1) is 23.4. The van der Waals surface area contributed by atoms with Gasteiger partial charge >= 0.3 is 6.03 Å². The largest absolute Gasteiger partial charge is 0.368 e. The Morgan fingerprint density at radius 2 is 1.75 bits per heavy atom. The molecule has 182 valence electrons. The number of nitrogens with two attached hydrogens (primary N) is 1. The van der Waals surface area contributed by atoms with Crippen LogP contribution in [0.1, 0.15) is 17.3 Å². The minimum atomic E-state index is -0.229. The number of hydrogen-bond donors (Lipinski definition) is 2. The molecule has 11 heteroatoms. The van der Waals surface area contributed by atoms with Gasteiger partial charge in [-0.15, -0.1) is 0 Å². The van der Waals surface area contributed by atoms with Crippen LogP contribution in [0.4, 0.5) is 22.2 Å². The number of Topliss-reactive ketones (excluding diaryl/α,β-unsaturated/α-hetero) is 1. The quantitative estimate of drug-likeness (QED) is 0.402. The topological polar surface area (TPSA) is 130 Å². The number of anilines is 3. The van der Waals surface area contributed by atoms with Crippen LogP contribution in [0.15, 0.2) is 54.7 Å². The highest BCUT2D eigenvalue weighted by atomic mass is 35.5. The normalized spacial score (nSPS) is 13.6. The number of aromatic nitrogens is 4. The fourth-order valence-corrected chi connectivity index (χ4v) is 4.16. The van der Waals surface area contributed by atoms with E-state index >= 15 is 0 Å². The van der Waals surface area contributed by atoms with Crippen LogP contribution in [0, 0.1) is 0 Å². The van der Waals surface area contributed by atoms with E-state index in [0.717, 1.165) is 5.56 Å². The molecule has 0 radical (unpaired) electrons. The summed E-state index contributed by atoms with van der Waals surface area (Å²) in [7, 11) is 0. The SMILES string of the molecule is CC(=O)c1cccc(NC(=O)N2CCN(c3nc(N)nc4ncc(-c5ccc(Cl)cc5)nc34)CC2)c1. The number of piperazine rings is 1. The summed E-state index contributed by atoms with van der Waals surface area (Å²) in [5.41, 5.74) is 9.56. The van der Waals surface area contributed by atoms with Gasteiger partial charge in [-0.2, -0.15) is 9.97 Å². The summed E-state index contributed by atoms with van der Waals surface area (Å²) in [6.45, 7) is 3.48. The average Bonchev–Trinajstić information content (AvgIpc) is 2.88. The molecule has 2 amide bonds. The van der Waals surface area contributed by atoms with Gasteiger partial charge in [0.25, 0.3) is 0 Å². The highest BCUT2D eigenvalue weighted by Gasteiger charge is 2.25. The summed E-state index contributed by atoms with van der Waals surface area (Å²) in [5, 5.41) is 3.51. The van der Waals surface area contributed by atoms with Crippen molar-refractivity contribution in [2.75, 3.05) is 42.1 Å². The molecule has 3 heterocycles. The number of nitrogens with zero attached hydrogens (tertiary/aromatic N) is 6. The van der Waals surface area contributed by atoms with Crippen molar-refractivity contribution in [2.45, 2.75) is 6.92 Å². The summed E-state index contributed by atoms with van der Waals surface area (Å²) in [6.07, 6.45) is 1.64. The number of nitrogen functional groups attached to an aromatic ring is 1. The molecule has 5 rings (SSSR count). The third kappa shape index (κ3) is 4.89. The lowest BCUT2D eigenvalue weighted by Crippen LogP contribution is -2.50. The number of hydrogen-bond acceptors (Lipinski definition) is 8. The third-order valence-electron chi connectivity index (χ3n) is 5.93. The van der Waals surface area contributed by atoms with Crippen molar-refractivity contribution in [3.8, 4) is 11.3 Å². The van der Waals surface area contributed by atoms with E-state index in [2.05, 4.69) is 20.3 Å². The van der Waals surface area contributed by atoms with Crippen LogP contribution in [0.2, 0.25) is 5.02 Å². The summed E-state index contributed by atoms with van der Waals surface area (Å²) in [4.78, 5) is 46.1. The van der Waals surface area contributed by atoms with Gasteiger partial charge in [0.15, 0.2) is 22.8 Å². The van der Waals surface area contributed by atoms with E-state index in [1.807, 2.05) is 17.0 Å². The second-order valence-electron chi connectivity index (χ2n) is 8.38. The Labute approximate surface area is 212 Å². The van der Waals surface area contributed by atoms with Gasteiger partial charge < -0.3 is 20.9 Å². The molecule has 1 aliphatic heterocycles. The summed E-state index contributed by atoms with van der Waals surface area (Å²) < 4.78 is 0. The van der Waals surface area contributed by atoms with Crippen molar-refractivity contribution < 1.29 is 9.59 Å². The zero-order chi connectivity index (χ0) is 25.2. The van der Waals surface area contributed by atoms with E-state index < -0.39 is 0 Å². The molecule has 3 N–H and O–H groups in total. The Kier molecular flexibility index (Phi) is 6.34. The van der Waals surface area contributed by atoms with Crippen molar-refractivity contribution in [3.05, 3.63) is 65.3 Å². The predicted molar refractivity (Wildman–Crippen MR) is 139 cm³/mol. The van der Waals surface area contributed by atoms with Gasteiger partial charge in [0, 0.05) is 48.0 Å². The maximum Gasteiger partial charge on any atom is 0.321 e. The molecular weight excluding hydrogens is 480 g/mol. The molecule has 2 aromatic heterocycles. The lowest BCUT2D eigenvalue weighted by molar-refractivity contribution is 0.101. The average molecular weight is 503 g/mol. The summed E-state index contributed by atoms with van der Waals surface area (Å²) in [6, 6.07) is 14.0. The van der Waals surface area contributed by atoms with Gasteiger partial charge in [-0.1, -0.05) is 35.9 Å². The molecule has 0 atom stereocenters. The molecule has 0 bridgehead atoms. The summed E-state index contributed by atoms with van der Waals surface area (Å²) >= 11 is 6.01. The number of carbonyl (C=O) groups is 2. The lowest BCUT2D eigenvalue weighted by Gasteiger charge is -2.35. The van der Waals surface area contributed by atoms with Gasteiger partial charge in [0.05, 0.1) is 11.9 Å². The van der Waals surface area contributed by atoms with Crippen LogP contribution < -0.4 is 16.0 Å². The molecule has 1 fully saturated rings. The number of benzene rings is 2. The van der Waals surface area contributed by atoms with E-state index in [9.17, 15) is 9.59 Å². The molecule has 4 aromatic rings. The second kappa shape index (κ2) is 9.74. The first-order valence-corrected chi connectivity index (χ1v) is 11.7. The van der Waals surface area contributed by atoms with Crippen LogP contribution >= 0.6 is 11.6 Å². The number of rotatable bonds is 4. The Balaban J connectivity index is 1.34. The second-order valence-corrected chi connectivity index (χ2v) is 8.82. The zero-order valence-corrected chi connectivity index (χ0v) is 20.2. The third-order valence-corrected chi connectivity index (χ3v) is 6.18. The van der Waals surface area contributed by atoms with Crippen LogP contribution in [-0.4, -0.2) is 62.8 Å². The van der Waals surface area contributed by atoms with Gasteiger partial charge in [-0.3, -0.25) is 4.79 Å². The van der Waals surface area contributed by atoms with Crippen molar-refractivity contribution in [1.82, 2.24) is 24.8 Å². The van der Waals surface area contributed by atoms with E-state index in [1.165, 1.54) is 6.92 Å². The molecule has 2 aromatic carbocycles. The highest BCUT2D eigenvalue weighted by Crippen LogP contribution is 2.27. The first-order chi connectivity index (χ1) is 17.4. The Morgan fingerprint density at radius 3 is 2.47 bits per heavy atom. The van der Waals surface area contributed by atoms with Crippen LogP contribution in [-0.2, 0) is 0 Å². The fourth-order valence-electron chi connectivity index (χ4n) is 4.03. The molecule has 0 aliphatic carbocycles. The van der Waals surface area contributed by atoms with Crippen LogP contribution in [0.5, 0.6) is 0 Å². The number of nitrogens with one attached hydrogen (secondary N) is 1. The Morgan fingerprint density at radius 1 is 1.00 bits per heavy atom. The molecule has 0 saturated carbocycles. The van der Waals surface area contributed by atoms with Gasteiger partial charge in [-0.05, 0) is 31.2 Å². The van der Waals surface area contributed by atoms with E-state index in [1.54, 1.807) is 47.5 Å². The Bertz CT molecular complexity index is 1450. The first-order valence-electron chi connectivity index (χ1n) is 11.4. The standard InChI is InChI=1S/C25H23ClN8O2/c1-15(35)17-3-2-4-19(13-17)29-25(36)34-11-9-33(10-12-34)23-21-22(31-24(27)32-23)28-14-20(30-21)16-5-7-18(26)8-6-16/h2-8,13-14H,9-12H2,1H3,(H,29,36)(H2,27,28,31,32). The molecule has 0 unspecified atom stereocenters. The van der Waals surface area contributed by atoms with Crippen LogP contribution in [0.3, 0.4) is 0 Å². The van der Waals surface area contributed by atoms with Crippen LogP contribution in [0.25, 0.3) is 22.4 Å². The molecular formula is C25H23ClN8O2. The van der Waals surface area contributed by atoms with Crippen molar-refractivity contribution in [1.29, 1.82) is 0 Å². The van der Waals surface area contributed by atoms with E-state index in [-0.39, 0.29) is 17.8 Å². The van der Waals surface area contributed by atoms with Crippen molar-refractivity contribution >= 4 is 52.0 Å².